The average Bonchev–Trinajstić information content (AvgIpc) is 3.11. The van der Waals surface area contributed by atoms with Crippen molar-refractivity contribution in [3.05, 3.63) is 54.6 Å². The number of benzene rings is 1. The van der Waals surface area contributed by atoms with Crippen molar-refractivity contribution in [3.63, 3.8) is 0 Å². The van der Waals surface area contributed by atoms with E-state index in [0.717, 1.165) is 30.5 Å². The Morgan fingerprint density at radius 1 is 1.31 bits per heavy atom. The first kappa shape index (κ1) is 19.5. The van der Waals surface area contributed by atoms with Gasteiger partial charge < -0.3 is 19.9 Å². The Hall–Kier alpha value is -2.83. The van der Waals surface area contributed by atoms with Crippen molar-refractivity contribution in [3.8, 4) is 5.75 Å². The topological polar surface area (TPSA) is 76.4 Å². The molecule has 0 radical (unpaired) electrons. The highest BCUT2D eigenvalue weighted by Gasteiger charge is 2.02. The molecule has 7 nitrogen and oxygen atoms in total. The Morgan fingerprint density at radius 2 is 2.12 bits per heavy atom. The number of rotatable bonds is 10. The number of ether oxygens (including phenoxy) is 1. The molecule has 2 N–H and O–H groups in total. The molecular formula is C19H28N6O. The van der Waals surface area contributed by atoms with E-state index in [4.69, 9.17) is 4.74 Å². The maximum Gasteiger partial charge on any atom is 0.191 e. The minimum atomic E-state index is 0.559. The summed E-state index contributed by atoms with van der Waals surface area (Å²) >= 11 is 0. The molecule has 1 aromatic heterocycles. The van der Waals surface area contributed by atoms with Gasteiger partial charge in [-0.05, 0) is 19.1 Å². The van der Waals surface area contributed by atoms with Gasteiger partial charge in [0.2, 0.25) is 0 Å². The lowest BCUT2D eigenvalue weighted by Crippen LogP contribution is -2.39. The number of hydrogen-bond acceptors (Lipinski definition) is 4. The molecule has 0 aliphatic rings. The summed E-state index contributed by atoms with van der Waals surface area (Å²) in [4.78, 5) is 4.58. The molecule has 0 amide bonds. The van der Waals surface area contributed by atoms with Gasteiger partial charge in [0.25, 0.3) is 0 Å². The van der Waals surface area contributed by atoms with Gasteiger partial charge in [0.15, 0.2) is 5.96 Å². The van der Waals surface area contributed by atoms with Gasteiger partial charge in [-0.1, -0.05) is 30.7 Å². The molecule has 0 fully saturated rings. The number of aromatic nitrogens is 3. The molecule has 0 aliphatic heterocycles. The van der Waals surface area contributed by atoms with Gasteiger partial charge in [-0.3, -0.25) is 4.99 Å². The smallest absolute Gasteiger partial charge is 0.191 e. The van der Waals surface area contributed by atoms with Gasteiger partial charge in [-0.2, -0.15) is 0 Å². The van der Waals surface area contributed by atoms with Crippen LogP contribution >= 0.6 is 0 Å². The zero-order valence-corrected chi connectivity index (χ0v) is 15.6. The Kier molecular flexibility index (Phi) is 8.18. The van der Waals surface area contributed by atoms with Crippen LogP contribution in [0.25, 0.3) is 0 Å². The van der Waals surface area contributed by atoms with Crippen LogP contribution < -0.4 is 15.4 Å². The molecule has 26 heavy (non-hydrogen) atoms. The van der Waals surface area contributed by atoms with E-state index in [1.807, 2.05) is 28.8 Å². The molecule has 0 atom stereocenters. The first-order valence-electron chi connectivity index (χ1n) is 8.92. The third kappa shape index (κ3) is 6.58. The molecule has 2 rings (SSSR count). The van der Waals surface area contributed by atoms with E-state index < -0.39 is 0 Å². The standard InChI is InChI=1S/C19H28N6O/c1-4-10-20-19(21-11-13-25-15-23-24-18(25)5-2)22-12-14-26-17-8-6-16(3)7-9-17/h4,6-9,15H,1,5,10-14H2,2-3H3,(H2,20,21,22). The number of hydrogen-bond donors (Lipinski definition) is 2. The fraction of sp³-hybridized carbons (Fsp3) is 0.421. The van der Waals surface area contributed by atoms with Crippen molar-refractivity contribution < 1.29 is 4.74 Å². The summed E-state index contributed by atoms with van der Waals surface area (Å²) in [5.74, 6) is 2.58. The highest BCUT2D eigenvalue weighted by Crippen LogP contribution is 2.10. The summed E-state index contributed by atoms with van der Waals surface area (Å²) in [5, 5.41) is 14.5. The van der Waals surface area contributed by atoms with Crippen LogP contribution in [-0.4, -0.2) is 47.0 Å². The lowest BCUT2D eigenvalue weighted by Gasteiger charge is -2.12. The minimum absolute atomic E-state index is 0.559. The van der Waals surface area contributed by atoms with Gasteiger partial charge in [0.1, 0.15) is 24.5 Å². The van der Waals surface area contributed by atoms with E-state index in [9.17, 15) is 0 Å². The van der Waals surface area contributed by atoms with Gasteiger partial charge >= 0.3 is 0 Å². The van der Waals surface area contributed by atoms with Crippen molar-refractivity contribution in [2.45, 2.75) is 26.8 Å². The predicted octanol–water partition coefficient (Wildman–Crippen LogP) is 1.95. The van der Waals surface area contributed by atoms with Gasteiger partial charge in [-0.25, -0.2) is 0 Å². The summed E-state index contributed by atoms with van der Waals surface area (Å²) in [7, 11) is 0. The molecule has 0 saturated heterocycles. The molecule has 140 valence electrons. The van der Waals surface area contributed by atoms with Crippen LogP contribution in [0, 0.1) is 6.92 Å². The number of aryl methyl sites for hydroxylation is 2. The van der Waals surface area contributed by atoms with E-state index in [1.54, 1.807) is 12.4 Å². The Labute approximate surface area is 155 Å². The van der Waals surface area contributed by atoms with E-state index in [1.165, 1.54) is 5.56 Å². The first-order valence-corrected chi connectivity index (χ1v) is 8.92. The molecule has 0 saturated carbocycles. The number of nitrogens with zero attached hydrogens (tertiary/aromatic N) is 4. The zero-order valence-electron chi connectivity index (χ0n) is 15.6. The number of aliphatic imine (C=N–C) groups is 1. The van der Waals surface area contributed by atoms with E-state index in [0.29, 0.717) is 26.2 Å². The fourth-order valence-corrected chi connectivity index (χ4v) is 2.32. The largest absolute Gasteiger partial charge is 0.492 e. The quantitative estimate of drug-likeness (QED) is 0.294. The van der Waals surface area contributed by atoms with Gasteiger partial charge in [0.05, 0.1) is 13.1 Å². The van der Waals surface area contributed by atoms with Crippen LogP contribution in [0.4, 0.5) is 0 Å². The molecule has 0 aliphatic carbocycles. The average molecular weight is 356 g/mol. The third-order valence-corrected chi connectivity index (χ3v) is 3.72. The van der Waals surface area contributed by atoms with Crippen LogP contribution in [0.1, 0.15) is 18.3 Å². The van der Waals surface area contributed by atoms with E-state index in [-0.39, 0.29) is 0 Å². The van der Waals surface area contributed by atoms with Crippen LogP contribution in [-0.2, 0) is 13.0 Å². The van der Waals surface area contributed by atoms with Crippen molar-refractivity contribution >= 4 is 5.96 Å². The fourth-order valence-electron chi connectivity index (χ4n) is 2.32. The summed E-state index contributed by atoms with van der Waals surface area (Å²) in [5.41, 5.74) is 1.22. The van der Waals surface area contributed by atoms with Crippen LogP contribution in [0.3, 0.4) is 0 Å². The van der Waals surface area contributed by atoms with Gasteiger partial charge in [-0.15, -0.1) is 16.8 Å². The molecule has 7 heteroatoms. The number of guanidine groups is 1. The van der Waals surface area contributed by atoms with Crippen molar-refractivity contribution in [2.75, 3.05) is 26.2 Å². The summed E-state index contributed by atoms with van der Waals surface area (Å²) in [6.45, 7) is 11.1. The van der Waals surface area contributed by atoms with Crippen molar-refractivity contribution in [1.82, 2.24) is 25.4 Å². The molecule has 2 aromatic rings. The first-order chi connectivity index (χ1) is 12.7. The third-order valence-electron chi connectivity index (χ3n) is 3.72. The normalized spacial score (nSPS) is 11.2. The summed E-state index contributed by atoms with van der Waals surface area (Å²) in [6.07, 6.45) is 4.41. The molecule has 0 spiro atoms. The molecule has 0 unspecified atom stereocenters. The highest BCUT2D eigenvalue weighted by molar-refractivity contribution is 5.79. The van der Waals surface area contributed by atoms with Crippen molar-refractivity contribution in [2.24, 2.45) is 4.99 Å². The molecule has 0 bridgehead atoms. The maximum atomic E-state index is 5.72. The second kappa shape index (κ2) is 10.9. The molecule has 1 aromatic carbocycles. The van der Waals surface area contributed by atoms with E-state index in [2.05, 4.69) is 46.2 Å². The maximum absolute atomic E-state index is 5.72. The lowest BCUT2D eigenvalue weighted by atomic mass is 10.2. The summed E-state index contributed by atoms with van der Waals surface area (Å²) in [6, 6.07) is 8.03. The second-order valence-corrected chi connectivity index (χ2v) is 5.78. The Morgan fingerprint density at radius 3 is 2.85 bits per heavy atom. The van der Waals surface area contributed by atoms with Crippen LogP contribution in [0.2, 0.25) is 0 Å². The molecule has 1 heterocycles. The number of nitrogens with one attached hydrogen (secondary N) is 2. The van der Waals surface area contributed by atoms with Crippen LogP contribution in [0.15, 0.2) is 48.2 Å². The zero-order chi connectivity index (χ0) is 18.6. The van der Waals surface area contributed by atoms with E-state index >= 15 is 0 Å². The predicted molar refractivity (Wildman–Crippen MR) is 105 cm³/mol. The summed E-state index contributed by atoms with van der Waals surface area (Å²) < 4.78 is 7.75. The van der Waals surface area contributed by atoms with Crippen molar-refractivity contribution in [1.29, 1.82) is 0 Å². The Balaban J connectivity index is 1.77. The van der Waals surface area contributed by atoms with Crippen LogP contribution in [0.5, 0.6) is 5.75 Å². The Bertz CT molecular complexity index is 692. The monoisotopic (exact) mass is 356 g/mol. The molecular weight excluding hydrogens is 328 g/mol. The minimum Gasteiger partial charge on any atom is -0.492 e. The second-order valence-electron chi connectivity index (χ2n) is 5.78. The SMILES string of the molecule is C=CCNC(=NCCn1cnnc1CC)NCCOc1ccc(C)cc1. The lowest BCUT2D eigenvalue weighted by molar-refractivity contribution is 0.322. The highest BCUT2D eigenvalue weighted by atomic mass is 16.5. The van der Waals surface area contributed by atoms with Gasteiger partial charge in [0, 0.05) is 19.5 Å².